The summed E-state index contributed by atoms with van der Waals surface area (Å²) in [5.41, 5.74) is 6.71. The molecule has 0 amide bonds. The van der Waals surface area contributed by atoms with Crippen LogP contribution < -0.4 is 10.5 Å². The van der Waals surface area contributed by atoms with Crippen LogP contribution in [0.25, 0.3) is 0 Å². The minimum absolute atomic E-state index is 0.121. The third-order valence-electron chi connectivity index (χ3n) is 3.53. The van der Waals surface area contributed by atoms with E-state index in [1.807, 2.05) is 45.0 Å². The Balaban J connectivity index is 2.88. The molecule has 22 heavy (non-hydrogen) atoms. The lowest BCUT2D eigenvalue weighted by Crippen LogP contribution is -2.34. The number of ether oxygens (including phenoxy) is 2. The molecule has 0 heterocycles. The van der Waals surface area contributed by atoms with E-state index < -0.39 is 6.04 Å². The van der Waals surface area contributed by atoms with Crippen LogP contribution in [0.4, 0.5) is 0 Å². The molecule has 0 saturated heterocycles. The average molecular weight is 307 g/mol. The topological polar surface area (TPSA) is 61.5 Å². The number of esters is 1. The summed E-state index contributed by atoms with van der Waals surface area (Å²) in [6.45, 7) is 11.8. The van der Waals surface area contributed by atoms with E-state index in [0.717, 1.165) is 11.3 Å². The summed E-state index contributed by atoms with van der Waals surface area (Å²) >= 11 is 0. The molecule has 124 valence electrons. The monoisotopic (exact) mass is 307 g/mol. The summed E-state index contributed by atoms with van der Waals surface area (Å²) in [5.74, 6) is 0.947. The van der Waals surface area contributed by atoms with Gasteiger partial charge in [0.2, 0.25) is 0 Å². The van der Waals surface area contributed by atoms with Crippen molar-refractivity contribution >= 4 is 5.97 Å². The first-order valence-electron chi connectivity index (χ1n) is 7.95. The smallest absolute Gasteiger partial charge is 0.322 e. The summed E-state index contributed by atoms with van der Waals surface area (Å²) in [4.78, 5) is 11.7. The van der Waals surface area contributed by atoms with Crippen molar-refractivity contribution in [2.75, 3.05) is 0 Å². The summed E-state index contributed by atoms with van der Waals surface area (Å²) in [6.07, 6.45) is -0.0759. The van der Waals surface area contributed by atoms with E-state index in [1.165, 1.54) is 0 Å². The van der Waals surface area contributed by atoms with E-state index in [9.17, 15) is 4.79 Å². The van der Waals surface area contributed by atoms with E-state index >= 15 is 0 Å². The van der Waals surface area contributed by atoms with Gasteiger partial charge in [0.1, 0.15) is 17.9 Å². The van der Waals surface area contributed by atoms with Crippen LogP contribution in [0, 0.1) is 5.92 Å². The zero-order chi connectivity index (χ0) is 16.9. The predicted molar refractivity (Wildman–Crippen MR) is 89.0 cm³/mol. The van der Waals surface area contributed by atoms with Gasteiger partial charge in [-0.3, -0.25) is 4.79 Å². The maximum Gasteiger partial charge on any atom is 0.322 e. The van der Waals surface area contributed by atoms with Gasteiger partial charge in [-0.05, 0) is 51.3 Å². The number of rotatable bonds is 7. The highest BCUT2D eigenvalue weighted by Gasteiger charge is 2.26. The van der Waals surface area contributed by atoms with Crippen molar-refractivity contribution in [3.63, 3.8) is 0 Å². The second-order valence-corrected chi connectivity index (χ2v) is 6.44. The fraction of sp³-hybridized carbons (Fsp3) is 0.611. The third-order valence-corrected chi connectivity index (χ3v) is 3.53. The first-order chi connectivity index (χ1) is 10.2. The van der Waals surface area contributed by atoms with Crippen molar-refractivity contribution in [1.82, 2.24) is 0 Å². The fourth-order valence-electron chi connectivity index (χ4n) is 2.60. The van der Waals surface area contributed by atoms with E-state index in [1.54, 1.807) is 6.92 Å². The SMILES string of the molecule is CC(C)Oc1ccc([C@H](C(C)C)[C@H](C)OC(=O)[C@H](C)N)cc1. The van der Waals surface area contributed by atoms with Gasteiger partial charge in [-0.2, -0.15) is 0 Å². The Morgan fingerprint density at radius 2 is 1.55 bits per heavy atom. The van der Waals surface area contributed by atoms with Gasteiger partial charge in [0, 0.05) is 5.92 Å². The first-order valence-corrected chi connectivity index (χ1v) is 7.95. The lowest BCUT2D eigenvalue weighted by Gasteiger charge is -2.28. The Kier molecular flexibility index (Phi) is 6.88. The molecule has 0 fully saturated rings. The molecule has 0 aliphatic rings. The fourth-order valence-corrected chi connectivity index (χ4v) is 2.60. The van der Waals surface area contributed by atoms with Gasteiger partial charge >= 0.3 is 5.97 Å². The third kappa shape index (κ3) is 5.34. The molecule has 0 saturated carbocycles. The largest absolute Gasteiger partial charge is 0.491 e. The lowest BCUT2D eigenvalue weighted by molar-refractivity contribution is -0.151. The Hall–Kier alpha value is -1.55. The molecular formula is C18H29NO3. The molecule has 0 unspecified atom stereocenters. The van der Waals surface area contributed by atoms with E-state index in [2.05, 4.69) is 13.8 Å². The Labute approximate surface area is 134 Å². The molecule has 1 aromatic carbocycles. The van der Waals surface area contributed by atoms with Gasteiger partial charge in [0.05, 0.1) is 6.10 Å². The van der Waals surface area contributed by atoms with Gasteiger partial charge in [-0.1, -0.05) is 26.0 Å². The van der Waals surface area contributed by atoms with Gasteiger partial charge in [0.15, 0.2) is 0 Å². The predicted octanol–water partition coefficient (Wildman–Crippen LogP) is 3.49. The second-order valence-electron chi connectivity index (χ2n) is 6.44. The van der Waals surface area contributed by atoms with Crippen molar-refractivity contribution in [2.24, 2.45) is 11.7 Å². The molecule has 0 aliphatic carbocycles. The molecule has 3 atom stereocenters. The highest BCUT2D eigenvalue weighted by atomic mass is 16.5. The number of benzene rings is 1. The van der Waals surface area contributed by atoms with Crippen LogP contribution in [-0.2, 0) is 9.53 Å². The van der Waals surface area contributed by atoms with Crippen LogP contribution in [-0.4, -0.2) is 24.2 Å². The first kappa shape index (κ1) is 18.5. The molecule has 0 spiro atoms. The molecule has 0 bridgehead atoms. The van der Waals surface area contributed by atoms with Gasteiger partial charge < -0.3 is 15.2 Å². The summed E-state index contributed by atoms with van der Waals surface area (Å²) < 4.78 is 11.2. The molecule has 0 radical (unpaired) electrons. The summed E-state index contributed by atoms with van der Waals surface area (Å²) in [6, 6.07) is 7.41. The van der Waals surface area contributed by atoms with Crippen LogP contribution in [0.15, 0.2) is 24.3 Å². The Morgan fingerprint density at radius 3 is 1.95 bits per heavy atom. The van der Waals surface area contributed by atoms with Crippen molar-refractivity contribution in [3.8, 4) is 5.75 Å². The maximum absolute atomic E-state index is 11.7. The number of hydrogen-bond acceptors (Lipinski definition) is 4. The van der Waals surface area contributed by atoms with E-state index in [-0.39, 0.29) is 24.1 Å². The normalized spacial score (nSPS) is 15.5. The quantitative estimate of drug-likeness (QED) is 0.783. The van der Waals surface area contributed by atoms with E-state index in [0.29, 0.717) is 5.92 Å². The highest BCUT2D eigenvalue weighted by Crippen LogP contribution is 2.31. The molecule has 4 heteroatoms. The summed E-state index contributed by atoms with van der Waals surface area (Å²) in [5, 5.41) is 0. The molecule has 0 aliphatic heterocycles. The zero-order valence-corrected chi connectivity index (χ0v) is 14.5. The maximum atomic E-state index is 11.7. The molecular weight excluding hydrogens is 278 g/mol. The number of nitrogens with two attached hydrogens (primary N) is 1. The van der Waals surface area contributed by atoms with Crippen molar-refractivity contribution in [1.29, 1.82) is 0 Å². The number of carbonyl (C=O) groups is 1. The Bertz CT molecular complexity index is 466. The Morgan fingerprint density at radius 1 is 1.00 bits per heavy atom. The highest BCUT2D eigenvalue weighted by molar-refractivity contribution is 5.75. The number of carbonyl (C=O) groups excluding carboxylic acids is 1. The molecule has 0 aromatic heterocycles. The lowest BCUT2D eigenvalue weighted by atomic mass is 9.84. The number of hydrogen-bond donors (Lipinski definition) is 1. The molecule has 2 N–H and O–H groups in total. The summed E-state index contributed by atoms with van der Waals surface area (Å²) in [7, 11) is 0. The van der Waals surface area contributed by atoms with Crippen LogP contribution >= 0.6 is 0 Å². The zero-order valence-electron chi connectivity index (χ0n) is 14.5. The van der Waals surface area contributed by atoms with Crippen molar-refractivity contribution in [3.05, 3.63) is 29.8 Å². The minimum atomic E-state index is -0.600. The van der Waals surface area contributed by atoms with Gasteiger partial charge in [-0.15, -0.1) is 0 Å². The minimum Gasteiger partial charge on any atom is -0.491 e. The van der Waals surface area contributed by atoms with Crippen LogP contribution in [0.5, 0.6) is 5.75 Å². The van der Waals surface area contributed by atoms with Crippen LogP contribution in [0.2, 0.25) is 0 Å². The average Bonchev–Trinajstić information content (AvgIpc) is 2.39. The molecule has 1 aromatic rings. The van der Waals surface area contributed by atoms with Crippen molar-refractivity contribution < 1.29 is 14.3 Å². The van der Waals surface area contributed by atoms with Crippen LogP contribution in [0.3, 0.4) is 0 Å². The second kappa shape index (κ2) is 8.18. The van der Waals surface area contributed by atoms with Gasteiger partial charge in [0.25, 0.3) is 0 Å². The standard InChI is InChI=1S/C18H29NO3/c1-11(2)17(14(6)22-18(20)13(5)19)15-7-9-16(10-8-15)21-12(3)4/h7-14,17H,19H2,1-6H3/t13-,14-,17+/m0/s1. The molecule has 4 nitrogen and oxygen atoms in total. The van der Waals surface area contributed by atoms with Crippen molar-refractivity contribution in [2.45, 2.75) is 65.7 Å². The van der Waals surface area contributed by atoms with E-state index in [4.69, 9.17) is 15.2 Å². The van der Waals surface area contributed by atoms with Crippen LogP contribution in [0.1, 0.15) is 53.0 Å². The molecule has 1 rings (SSSR count). The van der Waals surface area contributed by atoms with Gasteiger partial charge in [-0.25, -0.2) is 0 Å².